The number of likely N-dealkylation sites (tertiary alicyclic amines) is 1. The Kier molecular flexibility index (Phi) is 3.46. The lowest BCUT2D eigenvalue weighted by atomic mass is 10.1. The summed E-state index contributed by atoms with van der Waals surface area (Å²) in [4.78, 5) is 6.17. The summed E-state index contributed by atoms with van der Waals surface area (Å²) in [5, 5.41) is 7.45. The molecule has 2 aromatic heterocycles. The third-order valence-corrected chi connectivity index (χ3v) is 4.22. The minimum absolute atomic E-state index is 0.518. The summed E-state index contributed by atoms with van der Waals surface area (Å²) in [5.41, 5.74) is 5.23. The van der Waals surface area contributed by atoms with Gasteiger partial charge in [0.05, 0.1) is 17.7 Å². The summed E-state index contributed by atoms with van der Waals surface area (Å²) < 4.78 is 14.9. The van der Waals surface area contributed by atoms with Crippen molar-refractivity contribution in [3.05, 3.63) is 54.2 Å². The van der Waals surface area contributed by atoms with Crippen LogP contribution in [0.4, 0.5) is 4.39 Å². The number of nitrogens with one attached hydrogen (secondary N) is 1. The van der Waals surface area contributed by atoms with Crippen LogP contribution in [0.3, 0.4) is 0 Å². The number of benzene rings is 1. The van der Waals surface area contributed by atoms with Gasteiger partial charge < -0.3 is 4.57 Å². The fraction of sp³-hybridized carbons (Fsp3) is 0.294. The Labute approximate surface area is 133 Å². The molecule has 0 spiro atoms. The number of rotatable bonds is 4. The Morgan fingerprint density at radius 2 is 2.17 bits per heavy atom. The molecule has 0 unspecified atom stereocenters. The van der Waals surface area contributed by atoms with Crippen LogP contribution in [-0.4, -0.2) is 43.9 Å². The summed E-state index contributed by atoms with van der Waals surface area (Å²) in [6.07, 6.45) is 4.81. The molecule has 0 amide bonds. The van der Waals surface area contributed by atoms with E-state index in [0.717, 1.165) is 22.6 Å². The first kappa shape index (κ1) is 14.1. The summed E-state index contributed by atoms with van der Waals surface area (Å²) in [7, 11) is 0. The van der Waals surface area contributed by atoms with E-state index in [-0.39, 0.29) is 0 Å². The number of aromatic amines is 1. The van der Waals surface area contributed by atoms with Crippen molar-refractivity contribution in [2.75, 3.05) is 13.1 Å². The van der Waals surface area contributed by atoms with Crippen LogP contribution in [0, 0.1) is 6.92 Å². The molecule has 3 aromatic rings. The molecule has 0 atom stereocenters. The van der Waals surface area contributed by atoms with E-state index in [0.29, 0.717) is 19.6 Å². The second-order valence-corrected chi connectivity index (χ2v) is 6.04. The Morgan fingerprint density at radius 3 is 2.91 bits per heavy atom. The Balaban J connectivity index is 1.58. The Morgan fingerprint density at radius 1 is 1.30 bits per heavy atom. The van der Waals surface area contributed by atoms with E-state index < -0.39 is 6.17 Å². The lowest BCUT2D eigenvalue weighted by Crippen LogP contribution is -2.47. The number of H-pyrrole nitrogens is 1. The number of halogens is 1. The lowest BCUT2D eigenvalue weighted by molar-refractivity contribution is 0.0580. The van der Waals surface area contributed by atoms with E-state index in [9.17, 15) is 4.39 Å². The van der Waals surface area contributed by atoms with E-state index in [1.54, 1.807) is 12.5 Å². The second-order valence-electron chi connectivity index (χ2n) is 6.04. The molecule has 0 radical (unpaired) electrons. The molecule has 1 fully saturated rings. The van der Waals surface area contributed by atoms with Gasteiger partial charge in [-0.05, 0) is 24.6 Å². The minimum Gasteiger partial charge on any atom is -0.306 e. The van der Waals surface area contributed by atoms with Crippen LogP contribution < -0.4 is 0 Å². The number of aromatic nitrogens is 4. The van der Waals surface area contributed by atoms with Crippen molar-refractivity contribution >= 4 is 0 Å². The van der Waals surface area contributed by atoms with Crippen molar-refractivity contribution in [2.45, 2.75) is 19.6 Å². The van der Waals surface area contributed by atoms with Gasteiger partial charge in [0.25, 0.3) is 0 Å². The number of imidazole rings is 1. The van der Waals surface area contributed by atoms with E-state index in [2.05, 4.69) is 45.2 Å². The summed E-state index contributed by atoms with van der Waals surface area (Å²) in [5.74, 6) is 0. The molecule has 6 heteroatoms. The number of alkyl halides is 1. The third-order valence-electron chi connectivity index (χ3n) is 4.22. The van der Waals surface area contributed by atoms with Crippen molar-refractivity contribution in [3.8, 4) is 16.9 Å². The predicted octanol–water partition coefficient (Wildman–Crippen LogP) is 2.72. The summed E-state index contributed by atoms with van der Waals surface area (Å²) in [6, 6.07) is 8.30. The molecule has 3 heterocycles. The highest BCUT2D eigenvalue weighted by molar-refractivity contribution is 5.64. The topological polar surface area (TPSA) is 49.7 Å². The third kappa shape index (κ3) is 2.77. The van der Waals surface area contributed by atoms with Crippen LogP contribution in [0.5, 0.6) is 0 Å². The lowest BCUT2D eigenvalue weighted by Gasteiger charge is -2.33. The molecule has 1 N–H and O–H groups in total. The Bertz CT molecular complexity index is 802. The van der Waals surface area contributed by atoms with Gasteiger partial charge in [-0.25, -0.2) is 9.37 Å². The predicted molar refractivity (Wildman–Crippen MR) is 86.1 cm³/mol. The molecule has 0 saturated carbocycles. The van der Waals surface area contributed by atoms with Crippen LogP contribution in [0.2, 0.25) is 0 Å². The van der Waals surface area contributed by atoms with Gasteiger partial charge in [0.2, 0.25) is 0 Å². The average molecular weight is 311 g/mol. The SMILES string of the molecule is Cc1ccc(-c2cc(CN3CC(F)C3)[nH]n2)cc1-n1ccnc1. The number of aryl methyl sites for hydroxylation is 1. The quantitative estimate of drug-likeness (QED) is 0.806. The fourth-order valence-electron chi connectivity index (χ4n) is 2.92. The maximum absolute atomic E-state index is 12.9. The maximum Gasteiger partial charge on any atom is 0.125 e. The molecule has 1 aliphatic heterocycles. The second kappa shape index (κ2) is 5.62. The normalized spacial score (nSPS) is 15.7. The molecule has 118 valence electrons. The van der Waals surface area contributed by atoms with Gasteiger partial charge in [-0.15, -0.1) is 0 Å². The molecule has 1 aromatic carbocycles. The molecule has 5 nitrogen and oxygen atoms in total. The van der Waals surface area contributed by atoms with E-state index in [1.165, 1.54) is 5.56 Å². The molecule has 0 bridgehead atoms. The van der Waals surface area contributed by atoms with Gasteiger partial charge in [0.15, 0.2) is 0 Å². The van der Waals surface area contributed by atoms with Crippen molar-refractivity contribution < 1.29 is 4.39 Å². The van der Waals surface area contributed by atoms with Crippen molar-refractivity contribution in [3.63, 3.8) is 0 Å². The van der Waals surface area contributed by atoms with Gasteiger partial charge in [-0.1, -0.05) is 12.1 Å². The zero-order chi connectivity index (χ0) is 15.8. The first-order valence-electron chi connectivity index (χ1n) is 7.69. The minimum atomic E-state index is -0.674. The monoisotopic (exact) mass is 311 g/mol. The van der Waals surface area contributed by atoms with Gasteiger partial charge in [0.1, 0.15) is 6.17 Å². The van der Waals surface area contributed by atoms with Gasteiger partial charge in [-0.2, -0.15) is 5.10 Å². The van der Waals surface area contributed by atoms with E-state index in [4.69, 9.17) is 0 Å². The highest BCUT2D eigenvalue weighted by Crippen LogP contribution is 2.24. The standard InChI is InChI=1S/C17H18FN5/c1-12-2-3-13(6-17(12)23-5-4-19-11-23)16-7-15(20-21-16)10-22-8-14(18)9-22/h2-7,11,14H,8-10H2,1H3,(H,20,21). The average Bonchev–Trinajstić information content (AvgIpc) is 3.17. The zero-order valence-electron chi connectivity index (χ0n) is 12.9. The molecule has 23 heavy (non-hydrogen) atoms. The Hall–Kier alpha value is -2.47. The van der Waals surface area contributed by atoms with Gasteiger partial charge in [-0.3, -0.25) is 10.00 Å². The van der Waals surface area contributed by atoms with Crippen LogP contribution >= 0.6 is 0 Å². The van der Waals surface area contributed by atoms with Crippen LogP contribution in [0.1, 0.15) is 11.3 Å². The molecular weight excluding hydrogens is 293 g/mol. The highest BCUT2D eigenvalue weighted by Gasteiger charge is 2.26. The molecule has 1 aliphatic rings. The largest absolute Gasteiger partial charge is 0.306 e. The fourth-order valence-corrected chi connectivity index (χ4v) is 2.92. The first-order valence-corrected chi connectivity index (χ1v) is 7.69. The molecule has 0 aliphatic carbocycles. The molecular formula is C17H18FN5. The summed E-state index contributed by atoms with van der Waals surface area (Å²) in [6.45, 7) is 3.83. The van der Waals surface area contributed by atoms with Gasteiger partial charge >= 0.3 is 0 Å². The number of nitrogens with zero attached hydrogens (tertiary/aromatic N) is 4. The van der Waals surface area contributed by atoms with Crippen LogP contribution in [-0.2, 0) is 6.54 Å². The van der Waals surface area contributed by atoms with Crippen LogP contribution in [0.25, 0.3) is 16.9 Å². The van der Waals surface area contributed by atoms with Crippen molar-refractivity contribution in [1.82, 2.24) is 24.6 Å². The first-order chi connectivity index (χ1) is 11.2. The van der Waals surface area contributed by atoms with Crippen molar-refractivity contribution in [2.24, 2.45) is 0 Å². The zero-order valence-corrected chi connectivity index (χ0v) is 12.9. The molecule has 4 rings (SSSR count). The molecule has 1 saturated heterocycles. The number of hydrogen-bond donors (Lipinski definition) is 1. The highest BCUT2D eigenvalue weighted by atomic mass is 19.1. The smallest absolute Gasteiger partial charge is 0.125 e. The van der Waals surface area contributed by atoms with Crippen molar-refractivity contribution in [1.29, 1.82) is 0 Å². The summed E-state index contributed by atoms with van der Waals surface area (Å²) >= 11 is 0. The maximum atomic E-state index is 12.9. The van der Waals surface area contributed by atoms with Crippen LogP contribution in [0.15, 0.2) is 43.0 Å². The van der Waals surface area contributed by atoms with E-state index >= 15 is 0 Å². The van der Waals surface area contributed by atoms with E-state index in [1.807, 2.05) is 16.8 Å². The number of hydrogen-bond acceptors (Lipinski definition) is 3. The van der Waals surface area contributed by atoms with Gasteiger partial charge in [0, 0.05) is 43.3 Å².